The number of carbonyl (C=O) groups is 1. The van der Waals surface area contributed by atoms with Gasteiger partial charge in [0.2, 0.25) is 5.91 Å². The SMILES string of the molecule is CC1(C)COB(c2cccc(CBr)c2)OC1.O=C1CN(Cc2cccc(B(O)O)c2)CCN1. The summed E-state index contributed by atoms with van der Waals surface area (Å²) in [6, 6.07) is 15.4. The van der Waals surface area contributed by atoms with Crippen molar-refractivity contribution in [2.45, 2.75) is 25.7 Å². The van der Waals surface area contributed by atoms with E-state index in [1.54, 1.807) is 18.2 Å². The lowest BCUT2D eigenvalue weighted by Crippen LogP contribution is -2.47. The third-order valence-corrected chi connectivity index (χ3v) is 6.05. The minimum Gasteiger partial charge on any atom is -0.423 e. The van der Waals surface area contributed by atoms with Crippen LogP contribution in [-0.4, -0.2) is 67.9 Å². The average Bonchev–Trinajstić information content (AvgIpc) is 2.80. The van der Waals surface area contributed by atoms with E-state index in [0.29, 0.717) is 25.1 Å². The molecule has 2 fully saturated rings. The summed E-state index contributed by atoms with van der Waals surface area (Å²) in [4.78, 5) is 13.2. The lowest BCUT2D eigenvalue weighted by atomic mass is 9.75. The molecule has 176 valence electrons. The standard InChI is InChI=1S/C12H16BBrO2.C11H15BN2O3/c1-12(2)8-15-13(16-9-12)11-5-3-4-10(6-11)7-14;15-11-8-14(5-4-13-11)7-9-2-1-3-10(6-9)12(16)17/h3-6H,7-9H2,1-2H3;1-3,6,16-17H,4-5,7-8H2,(H,13,15). The Morgan fingerprint density at radius 3 is 2.48 bits per heavy atom. The summed E-state index contributed by atoms with van der Waals surface area (Å²) >= 11 is 3.45. The molecule has 0 aromatic heterocycles. The molecule has 3 N–H and O–H groups in total. The van der Waals surface area contributed by atoms with E-state index < -0.39 is 7.12 Å². The average molecular weight is 517 g/mol. The molecule has 10 heteroatoms. The smallest absolute Gasteiger partial charge is 0.423 e. The first-order valence-electron chi connectivity index (χ1n) is 11.1. The van der Waals surface area contributed by atoms with E-state index in [-0.39, 0.29) is 18.4 Å². The maximum Gasteiger partial charge on any atom is 0.493 e. The number of nitrogens with zero attached hydrogens (tertiary/aromatic N) is 1. The highest BCUT2D eigenvalue weighted by molar-refractivity contribution is 9.08. The predicted octanol–water partition coefficient (Wildman–Crippen LogP) is 0.648. The van der Waals surface area contributed by atoms with Crippen LogP contribution in [0.5, 0.6) is 0 Å². The van der Waals surface area contributed by atoms with Crippen LogP contribution in [0.4, 0.5) is 0 Å². The number of piperazine rings is 1. The molecule has 2 saturated heterocycles. The Hall–Kier alpha value is -1.68. The van der Waals surface area contributed by atoms with Crippen LogP contribution in [0.3, 0.4) is 0 Å². The highest BCUT2D eigenvalue weighted by Gasteiger charge is 2.33. The van der Waals surface area contributed by atoms with Gasteiger partial charge in [0.05, 0.1) is 6.54 Å². The molecular formula is C23H31B2BrN2O5. The molecule has 4 rings (SSSR count). The number of alkyl halides is 1. The maximum absolute atomic E-state index is 11.2. The van der Waals surface area contributed by atoms with Crippen molar-refractivity contribution in [3.05, 3.63) is 59.7 Å². The number of benzene rings is 2. The fourth-order valence-corrected chi connectivity index (χ4v) is 3.99. The Morgan fingerprint density at radius 1 is 1.12 bits per heavy atom. The van der Waals surface area contributed by atoms with Crippen LogP contribution in [0.15, 0.2) is 48.5 Å². The molecule has 0 spiro atoms. The Balaban J connectivity index is 0.000000186. The van der Waals surface area contributed by atoms with Crippen molar-refractivity contribution in [1.29, 1.82) is 0 Å². The van der Waals surface area contributed by atoms with Crippen molar-refractivity contribution in [2.24, 2.45) is 5.41 Å². The molecule has 0 bridgehead atoms. The van der Waals surface area contributed by atoms with Crippen molar-refractivity contribution >= 4 is 47.0 Å². The summed E-state index contributed by atoms with van der Waals surface area (Å²) in [6.45, 7) is 8.32. The van der Waals surface area contributed by atoms with Crippen molar-refractivity contribution in [3.8, 4) is 0 Å². The molecule has 2 aromatic rings. The van der Waals surface area contributed by atoms with Gasteiger partial charge in [-0.2, -0.15) is 0 Å². The van der Waals surface area contributed by atoms with Gasteiger partial charge in [0.25, 0.3) is 0 Å². The maximum atomic E-state index is 11.2. The van der Waals surface area contributed by atoms with Crippen LogP contribution in [0.2, 0.25) is 0 Å². The Morgan fingerprint density at radius 2 is 1.82 bits per heavy atom. The van der Waals surface area contributed by atoms with Crippen LogP contribution >= 0.6 is 15.9 Å². The second-order valence-corrected chi connectivity index (χ2v) is 9.74. The van der Waals surface area contributed by atoms with E-state index in [9.17, 15) is 4.79 Å². The summed E-state index contributed by atoms with van der Waals surface area (Å²) in [6.07, 6.45) is 0. The monoisotopic (exact) mass is 516 g/mol. The number of nitrogens with one attached hydrogen (secondary N) is 1. The zero-order chi connectivity index (χ0) is 23.8. The number of amides is 1. The largest absolute Gasteiger partial charge is 0.493 e. The van der Waals surface area contributed by atoms with E-state index in [1.165, 1.54) is 5.56 Å². The Bertz CT molecular complexity index is 921. The Kier molecular flexibility index (Phi) is 9.55. The van der Waals surface area contributed by atoms with Crippen molar-refractivity contribution in [3.63, 3.8) is 0 Å². The molecule has 2 aliphatic rings. The van der Waals surface area contributed by atoms with Crippen molar-refractivity contribution in [2.75, 3.05) is 32.8 Å². The minimum atomic E-state index is -1.44. The molecule has 0 aliphatic carbocycles. The highest BCUT2D eigenvalue weighted by Crippen LogP contribution is 2.21. The van der Waals surface area contributed by atoms with Gasteiger partial charge in [0.1, 0.15) is 0 Å². The number of hydrogen-bond acceptors (Lipinski definition) is 6. The van der Waals surface area contributed by atoms with E-state index in [0.717, 1.165) is 36.1 Å². The van der Waals surface area contributed by atoms with Gasteiger partial charge in [-0.3, -0.25) is 9.69 Å². The molecule has 2 aliphatic heterocycles. The first-order chi connectivity index (χ1) is 15.8. The van der Waals surface area contributed by atoms with E-state index >= 15 is 0 Å². The second kappa shape index (κ2) is 12.1. The number of halogens is 1. The van der Waals surface area contributed by atoms with Crippen LogP contribution in [0, 0.1) is 5.41 Å². The van der Waals surface area contributed by atoms with Gasteiger partial charge in [-0.1, -0.05) is 78.3 Å². The second-order valence-electron chi connectivity index (χ2n) is 9.18. The van der Waals surface area contributed by atoms with Crippen LogP contribution in [0.25, 0.3) is 0 Å². The molecule has 0 unspecified atom stereocenters. The van der Waals surface area contributed by atoms with Crippen LogP contribution in [0.1, 0.15) is 25.0 Å². The summed E-state index contributed by atoms with van der Waals surface area (Å²) < 4.78 is 11.5. The van der Waals surface area contributed by atoms with Crippen LogP contribution < -0.4 is 16.2 Å². The normalized spacial score (nSPS) is 18.2. The molecule has 0 radical (unpaired) electrons. The number of carbonyl (C=O) groups excluding carboxylic acids is 1. The number of hydrogen-bond donors (Lipinski definition) is 3. The molecule has 33 heavy (non-hydrogen) atoms. The third kappa shape index (κ3) is 8.24. The molecule has 0 saturated carbocycles. The number of rotatable bonds is 5. The summed E-state index contributed by atoms with van der Waals surface area (Å²) in [7, 11) is -1.65. The van der Waals surface area contributed by atoms with Crippen LogP contribution in [-0.2, 0) is 26.0 Å². The van der Waals surface area contributed by atoms with Crippen molar-refractivity contribution in [1.82, 2.24) is 10.2 Å². The molecule has 2 heterocycles. The van der Waals surface area contributed by atoms with Crippen molar-refractivity contribution < 1.29 is 24.2 Å². The van der Waals surface area contributed by atoms with Gasteiger partial charge in [-0.15, -0.1) is 0 Å². The fourth-order valence-electron chi connectivity index (χ4n) is 3.64. The zero-order valence-electron chi connectivity index (χ0n) is 19.2. The summed E-state index contributed by atoms with van der Waals surface area (Å²) in [5.41, 5.74) is 3.93. The van der Waals surface area contributed by atoms with Gasteiger partial charge in [-0.25, -0.2) is 0 Å². The van der Waals surface area contributed by atoms with E-state index in [2.05, 4.69) is 53.3 Å². The summed E-state index contributed by atoms with van der Waals surface area (Å²) in [5.74, 6) is 0.0367. The molecule has 2 aromatic carbocycles. The van der Waals surface area contributed by atoms with E-state index in [4.69, 9.17) is 19.4 Å². The molecule has 1 amide bonds. The molecule has 7 nitrogen and oxygen atoms in total. The lowest BCUT2D eigenvalue weighted by Gasteiger charge is -2.33. The minimum absolute atomic E-state index is 0.0367. The quantitative estimate of drug-likeness (QED) is 0.399. The molecular weight excluding hydrogens is 486 g/mol. The zero-order valence-corrected chi connectivity index (χ0v) is 20.8. The highest BCUT2D eigenvalue weighted by atomic mass is 79.9. The van der Waals surface area contributed by atoms with E-state index in [1.807, 2.05) is 17.0 Å². The van der Waals surface area contributed by atoms with Gasteiger partial charge in [0.15, 0.2) is 0 Å². The summed E-state index contributed by atoms with van der Waals surface area (Å²) in [5, 5.41) is 21.8. The first kappa shape index (κ1) is 25.9. The topological polar surface area (TPSA) is 91.3 Å². The van der Waals surface area contributed by atoms with Gasteiger partial charge in [0, 0.05) is 43.6 Å². The first-order valence-corrected chi connectivity index (χ1v) is 12.2. The van der Waals surface area contributed by atoms with Gasteiger partial charge < -0.3 is 24.7 Å². The molecule has 0 atom stereocenters. The lowest BCUT2D eigenvalue weighted by molar-refractivity contribution is -0.124. The van der Waals surface area contributed by atoms with Gasteiger partial charge in [-0.05, 0) is 22.1 Å². The Labute approximate surface area is 204 Å². The third-order valence-electron chi connectivity index (χ3n) is 5.40. The van der Waals surface area contributed by atoms with Gasteiger partial charge >= 0.3 is 14.2 Å². The fraction of sp³-hybridized carbons (Fsp3) is 0.435. The predicted molar refractivity (Wildman–Crippen MR) is 135 cm³/mol.